The highest BCUT2D eigenvalue weighted by Crippen LogP contribution is 2.21. The summed E-state index contributed by atoms with van der Waals surface area (Å²) in [5.41, 5.74) is 3.30. The first kappa shape index (κ1) is 17.2. The SMILES string of the molecule is COC(=O)CCC(CNCc1cnc2ccccn12)c1ccccc1. The van der Waals surface area contributed by atoms with Crippen molar-refractivity contribution in [2.75, 3.05) is 13.7 Å². The number of carbonyl (C=O) groups is 1. The molecule has 0 aliphatic heterocycles. The predicted molar refractivity (Wildman–Crippen MR) is 97.3 cm³/mol. The zero-order valence-electron chi connectivity index (χ0n) is 14.4. The maximum atomic E-state index is 11.5. The molecule has 0 spiro atoms. The Labute approximate surface area is 147 Å². The zero-order chi connectivity index (χ0) is 17.5. The first-order valence-electron chi connectivity index (χ1n) is 8.51. The highest BCUT2D eigenvalue weighted by Gasteiger charge is 2.14. The van der Waals surface area contributed by atoms with Gasteiger partial charge in [0.1, 0.15) is 5.65 Å². The van der Waals surface area contributed by atoms with E-state index in [-0.39, 0.29) is 11.9 Å². The van der Waals surface area contributed by atoms with E-state index >= 15 is 0 Å². The van der Waals surface area contributed by atoms with E-state index < -0.39 is 0 Å². The molecule has 130 valence electrons. The van der Waals surface area contributed by atoms with Crippen LogP contribution in [0.3, 0.4) is 0 Å². The summed E-state index contributed by atoms with van der Waals surface area (Å²) in [6.45, 7) is 1.52. The van der Waals surface area contributed by atoms with E-state index in [2.05, 4.69) is 26.8 Å². The Morgan fingerprint density at radius 1 is 1.20 bits per heavy atom. The minimum Gasteiger partial charge on any atom is -0.469 e. The Bertz CT molecular complexity index is 814. The monoisotopic (exact) mass is 337 g/mol. The van der Waals surface area contributed by atoms with Gasteiger partial charge in [-0.2, -0.15) is 0 Å². The quantitative estimate of drug-likeness (QED) is 0.642. The molecule has 2 heterocycles. The summed E-state index contributed by atoms with van der Waals surface area (Å²) in [6.07, 6.45) is 5.10. The Kier molecular flexibility index (Phi) is 5.80. The molecular weight excluding hydrogens is 314 g/mol. The van der Waals surface area contributed by atoms with Gasteiger partial charge in [0, 0.05) is 25.7 Å². The molecule has 1 N–H and O–H groups in total. The summed E-state index contributed by atoms with van der Waals surface area (Å²) in [6, 6.07) is 16.3. The summed E-state index contributed by atoms with van der Waals surface area (Å²) in [5, 5.41) is 3.51. The number of pyridine rings is 1. The summed E-state index contributed by atoms with van der Waals surface area (Å²) in [5.74, 6) is 0.0993. The van der Waals surface area contributed by atoms with E-state index in [1.165, 1.54) is 12.7 Å². The van der Waals surface area contributed by atoms with E-state index in [0.29, 0.717) is 6.42 Å². The number of fused-ring (bicyclic) bond motifs is 1. The average Bonchev–Trinajstić information content (AvgIpc) is 3.08. The summed E-state index contributed by atoms with van der Waals surface area (Å²) < 4.78 is 6.86. The molecule has 0 bridgehead atoms. The van der Waals surface area contributed by atoms with Crippen LogP contribution in [0.2, 0.25) is 0 Å². The summed E-state index contributed by atoms with van der Waals surface area (Å²) in [7, 11) is 1.43. The summed E-state index contributed by atoms with van der Waals surface area (Å²) in [4.78, 5) is 15.9. The van der Waals surface area contributed by atoms with Gasteiger partial charge in [0.05, 0.1) is 19.0 Å². The number of ether oxygens (including phenoxy) is 1. The highest BCUT2D eigenvalue weighted by atomic mass is 16.5. The second-order valence-corrected chi connectivity index (χ2v) is 6.03. The van der Waals surface area contributed by atoms with Crippen molar-refractivity contribution in [2.24, 2.45) is 0 Å². The third kappa shape index (κ3) is 4.45. The smallest absolute Gasteiger partial charge is 0.305 e. The van der Waals surface area contributed by atoms with Crippen molar-refractivity contribution >= 4 is 11.6 Å². The standard InChI is InChI=1S/C20H23N3O2/c1-25-20(24)11-10-17(16-7-3-2-4-8-16)13-21-14-18-15-22-19-9-5-6-12-23(18)19/h2-9,12,15,17,21H,10-11,13-14H2,1H3. The van der Waals surface area contributed by atoms with E-state index in [1.54, 1.807) is 0 Å². The molecule has 0 fully saturated rings. The van der Waals surface area contributed by atoms with Crippen molar-refractivity contribution in [2.45, 2.75) is 25.3 Å². The third-order valence-corrected chi connectivity index (χ3v) is 4.39. The number of hydrogen-bond donors (Lipinski definition) is 1. The summed E-state index contributed by atoms with van der Waals surface area (Å²) >= 11 is 0. The van der Waals surface area contributed by atoms with Crippen LogP contribution in [0.25, 0.3) is 5.65 Å². The van der Waals surface area contributed by atoms with Gasteiger partial charge in [0.2, 0.25) is 0 Å². The van der Waals surface area contributed by atoms with Crippen LogP contribution < -0.4 is 5.32 Å². The molecule has 0 amide bonds. The van der Waals surface area contributed by atoms with Crippen molar-refractivity contribution in [3.63, 3.8) is 0 Å². The van der Waals surface area contributed by atoms with E-state index in [9.17, 15) is 4.79 Å². The molecule has 0 aliphatic carbocycles. The fourth-order valence-corrected chi connectivity index (χ4v) is 3.00. The first-order chi connectivity index (χ1) is 12.3. The minimum atomic E-state index is -0.164. The topological polar surface area (TPSA) is 55.6 Å². The third-order valence-electron chi connectivity index (χ3n) is 4.39. The molecule has 1 atom stereocenters. The van der Waals surface area contributed by atoms with Gasteiger partial charge in [-0.3, -0.25) is 4.79 Å². The molecule has 25 heavy (non-hydrogen) atoms. The number of nitrogens with one attached hydrogen (secondary N) is 1. The van der Waals surface area contributed by atoms with Crippen LogP contribution >= 0.6 is 0 Å². The lowest BCUT2D eigenvalue weighted by Gasteiger charge is -2.17. The van der Waals surface area contributed by atoms with E-state index in [0.717, 1.165) is 30.9 Å². The number of carbonyl (C=O) groups excluding carboxylic acids is 1. The lowest BCUT2D eigenvalue weighted by molar-refractivity contribution is -0.140. The Morgan fingerprint density at radius 3 is 2.80 bits per heavy atom. The van der Waals surface area contributed by atoms with Crippen molar-refractivity contribution in [3.8, 4) is 0 Å². The number of esters is 1. The molecule has 2 aromatic heterocycles. The van der Waals surface area contributed by atoms with Crippen LogP contribution in [0.4, 0.5) is 0 Å². The van der Waals surface area contributed by atoms with Gasteiger partial charge >= 0.3 is 5.97 Å². The molecule has 3 aromatic rings. The molecule has 0 saturated heterocycles. The van der Waals surface area contributed by atoms with Gasteiger partial charge in [-0.1, -0.05) is 36.4 Å². The van der Waals surface area contributed by atoms with Crippen LogP contribution in [0, 0.1) is 0 Å². The van der Waals surface area contributed by atoms with Crippen molar-refractivity contribution in [1.29, 1.82) is 0 Å². The molecule has 0 saturated carbocycles. The zero-order valence-corrected chi connectivity index (χ0v) is 14.4. The number of aromatic nitrogens is 2. The fourth-order valence-electron chi connectivity index (χ4n) is 3.00. The maximum absolute atomic E-state index is 11.5. The van der Waals surface area contributed by atoms with Crippen LogP contribution in [0.15, 0.2) is 60.9 Å². The predicted octanol–water partition coefficient (Wildman–Crippen LogP) is 3.16. The van der Waals surface area contributed by atoms with Crippen molar-refractivity contribution in [1.82, 2.24) is 14.7 Å². The first-order valence-corrected chi connectivity index (χ1v) is 8.51. The van der Waals surface area contributed by atoms with Crippen LogP contribution in [-0.4, -0.2) is 29.0 Å². The number of rotatable bonds is 8. The van der Waals surface area contributed by atoms with Gasteiger partial charge < -0.3 is 14.5 Å². The van der Waals surface area contributed by atoms with Crippen LogP contribution in [0.1, 0.15) is 30.0 Å². The van der Waals surface area contributed by atoms with Gasteiger partial charge in [-0.05, 0) is 30.0 Å². The van der Waals surface area contributed by atoms with E-state index in [4.69, 9.17) is 4.74 Å². The van der Waals surface area contributed by atoms with Gasteiger partial charge in [0.25, 0.3) is 0 Å². The fraction of sp³-hybridized carbons (Fsp3) is 0.300. The van der Waals surface area contributed by atoms with Crippen molar-refractivity contribution in [3.05, 3.63) is 72.2 Å². The maximum Gasteiger partial charge on any atom is 0.305 e. The molecule has 5 nitrogen and oxygen atoms in total. The molecule has 0 radical (unpaired) electrons. The van der Waals surface area contributed by atoms with Gasteiger partial charge in [-0.15, -0.1) is 0 Å². The Hall–Kier alpha value is -2.66. The average molecular weight is 337 g/mol. The normalized spacial score (nSPS) is 12.2. The Morgan fingerprint density at radius 2 is 2.00 bits per heavy atom. The van der Waals surface area contributed by atoms with E-state index in [1.807, 2.05) is 48.8 Å². The lowest BCUT2D eigenvalue weighted by Crippen LogP contribution is -2.22. The number of imidazole rings is 1. The molecule has 3 rings (SSSR count). The largest absolute Gasteiger partial charge is 0.469 e. The molecule has 5 heteroatoms. The number of nitrogens with zero attached hydrogens (tertiary/aromatic N) is 2. The molecule has 1 aromatic carbocycles. The molecule has 1 unspecified atom stereocenters. The number of benzene rings is 1. The van der Waals surface area contributed by atoms with Gasteiger partial charge in [-0.25, -0.2) is 4.98 Å². The van der Waals surface area contributed by atoms with Crippen molar-refractivity contribution < 1.29 is 9.53 Å². The molecule has 0 aliphatic rings. The minimum absolute atomic E-state index is 0.164. The van der Waals surface area contributed by atoms with Gasteiger partial charge in [0.15, 0.2) is 0 Å². The second-order valence-electron chi connectivity index (χ2n) is 6.03. The van der Waals surface area contributed by atoms with Crippen LogP contribution in [0.5, 0.6) is 0 Å². The van der Waals surface area contributed by atoms with Crippen LogP contribution in [-0.2, 0) is 16.1 Å². The Balaban J connectivity index is 1.63. The lowest BCUT2D eigenvalue weighted by atomic mass is 9.94. The molecular formula is C20H23N3O2. The number of methoxy groups -OCH3 is 1. The number of hydrogen-bond acceptors (Lipinski definition) is 4. The second kappa shape index (κ2) is 8.44. The highest BCUT2D eigenvalue weighted by molar-refractivity contribution is 5.69.